The minimum Gasteiger partial charge on any atom is -0.375 e. The highest BCUT2D eigenvalue weighted by Gasteiger charge is 2.59. The molecule has 2 atom stereocenters. The Balaban J connectivity index is 1.01. The van der Waals surface area contributed by atoms with Gasteiger partial charge in [0.25, 0.3) is 0 Å². The van der Waals surface area contributed by atoms with E-state index in [-0.39, 0.29) is 17.4 Å². The molecule has 1 spiro atoms. The third-order valence-electron chi connectivity index (χ3n) is 15.4. The molecule has 4 aliphatic carbocycles. The van der Waals surface area contributed by atoms with Gasteiger partial charge in [0.05, 0.1) is 11.5 Å². The number of allylic oxidation sites excluding steroid dienone is 11. The molecule has 0 fully saturated rings. The summed E-state index contributed by atoms with van der Waals surface area (Å²) in [6, 6.07) is 76.4. The Hall–Kier alpha value is -8.00. The lowest BCUT2D eigenvalue weighted by molar-refractivity contribution is 0.404. The molecule has 69 heavy (non-hydrogen) atoms. The van der Waals surface area contributed by atoms with E-state index >= 15 is 0 Å². The summed E-state index contributed by atoms with van der Waals surface area (Å²) >= 11 is 0. The topological polar surface area (TPSA) is 12.0 Å². The van der Waals surface area contributed by atoms with Gasteiger partial charge in [-0.2, -0.15) is 0 Å². The van der Waals surface area contributed by atoms with Crippen molar-refractivity contribution in [2.24, 2.45) is 5.92 Å². The molecule has 8 aromatic carbocycles. The first-order chi connectivity index (χ1) is 34.2. The van der Waals surface area contributed by atoms with Gasteiger partial charge in [-0.3, -0.25) is 0 Å². The van der Waals surface area contributed by atoms with Crippen LogP contribution in [0.3, 0.4) is 0 Å². The highest BCUT2D eigenvalue weighted by molar-refractivity contribution is 5.96. The van der Waals surface area contributed by atoms with Gasteiger partial charge in [-0.1, -0.05) is 248 Å². The van der Waals surface area contributed by atoms with Crippen LogP contribution >= 0.6 is 0 Å². The third-order valence-corrected chi connectivity index (χ3v) is 15.4. The second-order valence-electron chi connectivity index (χ2n) is 18.9. The summed E-state index contributed by atoms with van der Waals surface area (Å²) in [5, 5.41) is 4.06. The van der Waals surface area contributed by atoms with Crippen LogP contribution < -0.4 is 5.32 Å². The van der Waals surface area contributed by atoms with Crippen molar-refractivity contribution in [3.63, 3.8) is 0 Å². The van der Waals surface area contributed by atoms with Crippen LogP contribution in [-0.2, 0) is 10.8 Å². The molecule has 0 bridgehead atoms. The van der Waals surface area contributed by atoms with Gasteiger partial charge in [0, 0.05) is 11.1 Å². The Morgan fingerprint density at radius 3 is 1.54 bits per heavy atom. The molecule has 0 heterocycles. The molecule has 0 radical (unpaired) electrons. The fourth-order valence-corrected chi connectivity index (χ4v) is 12.4. The molecule has 0 aromatic heterocycles. The first-order valence-electron chi connectivity index (χ1n) is 24.7. The van der Waals surface area contributed by atoms with Crippen LogP contribution in [0, 0.1) is 5.92 Å². The molecule has 1 nitrogen and oxygen atoms in total. The van der Waals surface area contributed by atoms with Gasteiger partial charge in [-0.25, -0.2) is 0 Å². The summed E-state index contributed by atoms with van der Waals surface area (Å²) in [4.78, 5) is 0. The summed E-state index contributed by atoms with van der Waals surface area (Å²) in [5.74, 6) is 0.271. The van der Waals surface area contributed by atoms with Gasteiger partial charge in [-0.05, 0) is 134 Å². The van der Waals surface area contributed by atoms with E-state index in [1.54, 1.807) is 0 Å². The second-order valence-corrected chi connectivity index (χ2v) is 18.9. The van der Waals surface area contributed by atoms with Crippen molar-refractivity contribution < 1.29 is 0 Å². The molecule has 1 N–H and O–H groups in total. The van der Waals surface area contributed by atoms with Gasteiger partial charge < -0.3 is 5.32 Å². The van der Waals surface area contributed by atoms with E-state index in [1.165, 1.54) is 89.0 Å². The number of hydrogen-bond donors (Lipinski definition) is 1. The maximum atomic E-state index is 4.06. The fraction of sp³-hybridized carbons (Fsp3) is 0.118. The minimum atomic E-state index is -0.535. The van der Waals surface area contributed by atoms with E-state index in [0.29, 0.717) is 0 Å². The molecular formula is C68H55N. The van der Waals surface area contributed by atoms with E-state index in [1.807, 2.05) is 0 Å². The van der Waals surface area contributed by atoms with Crippen LogP contribution in [-0.4, -0.2) is 0 Å². The number of nitrogens with one attached hydrogen (secondary N) is 1. The number of rotatable bonds is 9. The zero-order chi connectivity index (χ0) is 46.2. The van der Waals surface area contributed by atoms with Gasteiger partial charge in [0.1, 0.15) is 0 Å². The number of anilines is 1. The van der Waals surface area contributed by atoms with Gasteiger partial charge in [0.15, 0.2) is 0 Å². The maximum Gasteiger partial charge on any atom is 0.0716 e. The lowest BCUT2D eigenvalue weighted by atomic mass is 9.48. The summed E-state index contributed by atoms with van der Waals surface area (Å²) in [6.07, 6.45) is 24.5. The highest BCUT2D eigenvalue weighted by atomic mass is 14.9. The Bertz CT molecular complexity index is 3310. The Morgan fingerprint density at radius 2 is 1.00 bits per heavy atom. The van der Waals surface area contributed by atoms with E-state index < -0.39 is 5.41 Å². The number of fused-ring (bicyclic) bond motifs is 6. The minimum absolute atomic E-state index is 0.148. The Labute approximate surface area is 408 Å². The highest BCUT2D eigenvalue weighted by Crippen LogP contribution is 2.66. The van der Waals surface area contributed by atoms with Crippen LogP contribution in [0.4, 0.5) is 5.69 Å². The Kier molecular flexibility index (Phi) is 11.0. The van der Waals surface area contributed by atoms with Gasteiger partial charge >= 0.3 is 0 Å². The van der Waals surface area contributed by atoms with Crippen molar-refractivity contribution in [3.05, 3.63) is 311 Å². The standard InChI is InChI=1S/C68H55N/c1-2-60-59(47-66(54-41-39-51(40-42-54)49-23-9-4-10-24-49)69-57-45-43-53(44-46-57)52-37-35-50(36-38-52)48-21-7-3-8-22-48)58-29-15-16-30-61(58)68(60)64-33-19-17-31-62(64)67(55-25-11-5-12-26-55,56-27-13-6-14-28-56)63-32-18-20-34-65(63)68/h2-13,15-25,27,29-47,55,66,69H,14,26,28H2,1H3/b59-47-,60-2+. The predicted octanol–water partition coefficient (Wildman–Crippen LogP) is 17.2. The fourth-order valence-electron chi connectivity index (χ4n) is 12.4. The smallest absolute Gasteiger partial charge is 0.0716 e. The van der Waals surface area contributed by atoms with Gasteiger partial charge in [0.2, 0.25) is 0 Å². The van der Waals surface area contributed by atoms with Gasteiger partial charge in [-0.15, -0.1) is 0 Å². The Morgan fingerprint density at radius 1 is 0.493 bits per heavy atom. The lowest BCUT2D eigenvalue weighted by Gasteiger charge is -2.53. The van der Waals surface area contributed by atoms with E-state index in [0.717, 1.165) is 24.9 Å². The lowest BCUT2D eigenvalue weighted by Crippen LogP contribution is -2.48. The SMILES string of the molecule is C/C=C1\C(=C/C(Nc2ccc(-c3ccc(-c4ccccc4)cc3)cc2)c2ccc(-c3ccccc3)cc2)c2ccccc2C12c1ccccc1C(C1=CC=CCC1)(C1C=CC=CC1)c1ccccc12. The summed E-state index contributed by atoms with van der Waals surface area (Å²) in [5.41, 5.74) is 21.0. The third kappa shape index (κ3) is 7.07. The average Bonchev–Trinajstić information content (AvgIpc) is 3.71. The van der Waals surface area contributed by atoms with Crippen molar-refractivity contribution in [2.45, 2.75) is 43.1 Å². The van der Waals surface area contributed by atoms with Crippen LogP contribution in [0.15, 0.2) is 272 Å². The van der Waals surface area contributed by atoms with E-state index in [2.05, 4.69) is 273 Å². The van der Waals surface area contributed by atoms with Crippen molar-refractivity contribution in [1.29, 1.82) is 0 Å². The molecule has 332 valence electrons. The monoisotopic (exact) mass is 885 g/mol. The van der Waals surface area contributed by atoms with Crippen molar-refractivity contribution in [2.75, 3.05) is 5.32 Å². The van der Waals surface area contributed by atoms with Crippen LogP contribution in [0.1, 0.15) is 71.2 Å². The number of hydrogen-bond acceptors (Lipinski definition) is 1. The molecular weight excluding hydrogens is 831 g/mol. The largest absolute Gasteiger partial charge is 0.375 e. The van der Waals surface area contributed by atoms with Crippen LogP contribution in [0.2, 0.25) is 0 Å². The number of benzene rings is 8. The normalized spacial score (nSPS) is 21.4. The van der Waals surface area contributed by atoms with Crippen molar-refractivity contribution in [1.82, 2.24) is 0 Å². The average molecular weight is 886 g/mol. The first kappa shape index (κ1) is 42.4. The second kappa shape index (κ2) is 17.9. The van der Waals surface area contributed by atoms with E-state index in [4.69, 9.17) is 0 Å². The molecule has 4 aliphatic rings. The molecule has 0 amide bonds. The zero-order valence-corrected chi connectivity index (χ0v) is 39.1. The first-order valence-corrected chi connectivity index (χ1v) is 24.7. The molecule has 0 aliphatic heterocycles. The molecule has 2 unspecified atom stereocenters. The van der Waals surface area contributed by atoms with Crippen LogP contribution in [0.25, 0.3) is 39.0 Å². The molecule has 0 saturated heterocycles. The summed E-state index contributed by atoms with van der Waals surface area (Å²) in [7, 11) is 0. The maximum absolute atomic E-state index is 4.06. The van der Waals surface area contributed by atoms with Crippen molar-refractivity contribution >= 4 is 11.3 Å². The molecule has 12 rings (SSSR count). The molecule has 0 saturated carbocycles. The van der Waals surface area contributed by atoms with Crippen LogP contribution in [0.5, 0.6) is 0 Å². The van der Waals surface area contributed by atoms with Crippen molar-refractivity contribution in [3.8, 4) is 33.4 Å². The quantitative estimate of drug-likeness (QED) is 0.152. The molecule has 1 heteroatoms. The molecule has 8 aromatic rings. The predicted molar refractivity (Wildman–Crippen MR) is 290 cm³/mol. The summed E-state index contributed by atoms with van der Waals surface area (Å²) in [6.45, 7) is 2.26. The van der Waals surface area contributed by atoms with E-state index in [9.17, 15) is 0 Å². The summed E-state index contributed by atoms with van der Waals surface area (Å²) < 4.78 is 0. The zero-order valence-electron chi connectivity index (χ0n) is 39.1.